The molecule has 4 rings (SSSR count). The van der Waals surface area contributed by atoms with E-state index in [0.717, 1.165) is 22.8 Å². The molecule has 0 atom stereocenters. The Morgan fingerprint density at radius 1 is 0.441 bits per heavy atom. The maximum Gasteiger partial charge on any atom is 2.00 e. The van der Waals surface area contributed by atoms with Gasteiger partial charge in [0.25, 0.3) is 0 Å². The molecule has 4 aromatic heterocycles. The Morgan fingerprint density at radius 3 is 0.735 bits per heavy atom. The molecule has 0 aliphatic heterocycles. The summed E-state index contributed by atoms with van der Waals surface area (Å²) >= 11 is -6.22. The van der Waals surface area contributed by atoms with Gasteiger partial charge in [-0.3, -0.25) is 28.4 Å². The van der Waals surface area contributed by atoms with Gasteiger partial charge >= 0.3 is 39.0 Å². The summed E-state index contributed by atoms with van der Waals surface area (Å²) in [6.45, 7) is 0. The average Bonchev–Trinajstić information content (AvgIpc) is 2.81. The van der Waals surface area contributed by atoms with Crippen LogP contribution in [0.5, 0.6) is 0 Å². The van der Waals surface area contributed by atoms with E-state index >= 15 is 0 Å². The van der Waals surface area contributed by atoms with Gasteiger partial charge in [-0.25, -0.2) is 0 Å². The standard InChI is InChI=1S/2C10H8N2.2H2O3S.2Zn/c2*1-3-7-11-9(5-1)10-6-2-4-8-12-10;2*1-4(2)3;;/h2*1-8H;2*(H2,1,2,3);;/q;;;;2*+2/p-4. The van der Waals surface area contributed by atoms with E-state index in [-0.39, 0.29) is 39.0 Å². The summed E-state index contributed by atoms with van der Waals surface area (Å²) < 4.78 is 50.7. The molecule has 0 spiro atoms. The maximum atomic E-state index is 8.44. The molecule has 0 fully saturated rings. The summed E-state index contributed by atoms with van der Waals surface area (Å²) in [6.07, 6.45) is 7.07. The van der Waals surface area contributed by atoms with Crippen molar-refractivity contribution >= 4 is 22.7 Å². The fourth-order valence-corrected chi connectivity index (χ4v) is 2.06. The first-order chi connectivity index (χ1) is 15.4. The smallest absolute Gasteiger partial charge is 0.784 e. The molecule has 0 unspecified atom stereocenters. The van der Waals surface area contributed by atoms with Crippen LogP contribution in [0.4, 0.5) is 0 Å². The molecule has 4 aromatic rings. The molecule has 14 heteroatoms. The molecule has 4 heterocycles. The summed E-state index contributed by atoms with van der Waals surface area (Å²) in [7, 11) is 0. The molecule has 34 heavy (non-hydrogen) atoms. The number of nitrogens with zero attached hydrogens (tertiary/aromatic N) is 4. The molecule has 0 saturated heterocycles. The van der Waals surface area contributed by atoms with Crippen molar-refractivity contribution in [2.75, 3.05) is 0 Å². The van der Waals surface area contributed by atoms with Crippen molar-refractivity contribution in [3.8, 4) is 22.8 Å². The van der Waals surface area contributed by atoms with Gasteiger partial charge in [0.15, 0.2) is 0 Å². The second kappa shape index (κ2) is 21.5. The van der Waals surface area contributed by atoms with E-state index in [4.69, 9.17) is 26.6 Å². The van der Waals surface area contributed by atoms with E-state index < -0.39 is 22.7 Å². The van der Waals surface area contributed by atoms with Gasteiger partial charge in [-0.15, -0.1) is 22.7 Å². The third-order valence-corrected chi connectivity index (χ3v) is 3.18. The zero-order valence-electron chi connectivity index (χ0n) is 17.7. The van der Waals surface area contributed by atoms with Crippen LogP contribution in [0.1, 0.15) is 0 Å². The van der Waals surface area contributed by atoms with E-state index in [1.54, 1.807) is 24.8 Å². The van der Waals surface area contributed by atoms with Crippen molar-refractivity contribution in [1.29, 1.82) is 0 Å². The summed E-state index contributed by atoms with van der Waals surface area (Å²) in [4.78, 5) is 16.7. The fourth-order valence-electron chi connectivity index (χ4n) is 2.06. The number of hydrogen-bond donors (Lipinski definition) is 0. The molecule has 0 saturated carbocycles. The normalized spacial score (nSPS) is 8.88. The second-order valence-corrected chi connectivity index (χ2v) is 6.08. The van der Waals surface area contributed by atoms with Crippen LogP contribution < -0.4 is 0 Å². The van der Waals surface area contributed by atoms with Crippen molar-refractivity contribution in [2.24, 2.45) is 0 Å². The van der Waals surface area contributed by atoms with Gasteiger partial charge in [0, 0.05) is 24.8 Å². The van der Waals surface area contributed by atoms with Gasteiger partial charge in [-0.1, -0.05) is 24.3 Å². The Balaban J connectivity index is 0. The first kappa shape index (κ1) is 34.2. The second-order valence-electron chi connectivity index (χ2n) is 5.27. The number of rotatable bonds is 2. The molecule has 0 radical (unpaired) electrons. The third kappa shape index (κ3) is 17.5. The monoisotopic (exact) mass is 600 g/mol. The van der Waals surface area contributed by atoms with Gasteiger partial charge in [-0.05, 0) is 48.5 Å². The molecule has 0 aliphatic carbocycles. The van der Waals surface area contributed by atoms with E-state index in [9.17, 15) is 0 Å². The minimum atomic E-state index is -3.11. The fraction of sp³-hybridized carbons (Fsp3) is 0. The SMILES string of the molecule is O=S([O-])[O-].O=S([O-])[O-].[Zn+2].[Zn+2].c1ccc(-c2ccccn2)nc1.c1ccc(-c2ccccn2)nc1. The van der Waals surface area contributed by atoms with Crippen LogP contribution >= 0.6 is 0 Å². The molecule has 168 valence electrons. The van der Waals surface area contributed by atoms with Crippen molar-refractivity contribution in [2.45, 2.75) is 0 Å². The Kier molecular flexibility index (Phi) is 21.6. The van der Waals surface area contributed by atoms with E-state index in [2.05, 4.69) is 19.9 Å². The zero-order valence-corrected chi connectivity index (χ0v) is 25.3. The Bertz CT molecular complexity index is 888. The van der Waals surface area contributed by atoms with Gasteiger partial charge in [0.2, 0.25) is 0 Å². The predicted molar refractivity (Wildman–Crippen MR) is 114 cm³/mol. The molecule has 0 N–H and O–H groups in total. The molecule has 10 nitrogen and oxygen atoms in total. The quantitative estimate of drug-likeness (QED) is 0.244. The van der Waals surface area contributed by atoms with Crippen LogP contribution in [-0.2, 0) is 61.7 Å². The molecule has 0 aliphatic rings. The van der Waals surface area contributed by atoms with Crippen LogP contribution in [0.15, 0.2) is 97.6 Å². The first-order valence-corrected chi connectivity index (χ1v) is 10.6. The summed E-state index contributed by atoms with van der Waals surface area (Å²) in [6, 6.07) is 23.2. The van der Waals surface area contributed by atoms with Crippen molar-refractivity contribution < 1.29 is 65.6 Å². The summed E-state index contributed by atoms with van der Waals surface area (Å²) in [5.41, 5.74) is 3.66. The van der Waals surface area contributed by atoms with Crippen LogP contribution in [-0.4, -0.2) is 46.6 Å². The third-order valence-electron chi connectivity index (χ3n) is 3.18. The van der Waals surface area contributed by atoms with E-state index in [1.807, 2.05) is 72.8 Å². The molecular weight excluding hydrogens is 587 g/mol. The maximum absolute atomic E-state index is 8.44. The topological polar surface area (TPSA) is 178 Å². The van der Waals surface area contributed by atoms with Crippen LogP contribution in [0, 0.1) is 0 Å². The van der Waals surface area contributed by atoms with Gasteiger partial charge in [0.1, 0.15) is 0 Å². The Labute approximate surface area is 227 Å². The molecule has 0 bridgehead atoms. The Hall–Kier alpha value is -2.01. The Morgan fingerprint density at radius 2 is 0.618 bits per heavy atom. The minimum absolute atomic E-state index is 0. The number of pyridine rings is 4. The van der Waals surface area contributed by atoms with E-state index in [0.29, 0.717) is 0 Å². The number of hydrogen-bond acceptors (Lipinski definition) is 10. The van der Waals surface area contributed by atoms with Gasteiger partial charge < -0.3 is 18.2 Å². The largest absolute Gasteiger partial charge is 2.00 e. The van der Waals surface area contributed by atoms with Gasteiger partial charge in [0.05, 0.1) is 22.8 Å². The van der Waals surface area contributed by atoms with Gasteiger partial charge in [-0.2, -0.15) is 0 Å². The van der Waals surface area contributed by atoms with Crippen LogP contribution in [0.3, 0.4) is 0 Å². The van der Waals surface area contributed by atoms with Crippen molar-refractivity contribution in [3.63, 3.8) is 0 Å². The zero-order chi connectivity index (χ0) is 23.6. The van der Waals surface area contributed by atoms with Crippen LogP contribution in [0.2, 0.25) is 0 Å². The average molecular weight is 603 g/mol. The van der Waals surface area contributed by atoms with Crippen LogP contribution in [0.25, 0.3) is 22.8 Å². The predicted octanol–water partition coefficient (Wildman–Crippen LogP) is 2.27. The first-order valence-electron chi connectivity index (χ1n) is 8.58. The van der Waals surface area contributed by atoms with E-state index in [1.165, 1.54) is 0 Å². The minimum Gasteiger partial charge on any atom is -0.784 e. The molecule has 0 amide bonds. The summed E-state index contributed by atoms with van der Waals surface area (Å²) in [5, 5.41) is 0. The molecular formula is C20H16N4O6S2Zn2. The molecule has 0 aromatic carbocycles. The van der Waals surface area contributed by atoms with Crippen molar-refractivity contribution in [1.82, 2.24) is 19.9 Å². The van der Waals surface area contributed by atoms with Crippen molar-refractivity contribution in [3.05, 3.63) is 97.6 Å². The number of aromatic nitrogens is 4. The summed E-state index contributed by atoms with van der Waals surface area (Å²) in [5.74, 6) is 0.